The van der Waals surface area contributed by atoms with Gasteiger partial charge in [0.25, 0.3) is 0 Å². The molecule has 0 bridgehead atoms. The van der Waals surface area contributed by atoms with E-state index in [1.165, 1.54) is 236 Å². The molecule has 12 heteroatoms. The lowest BCUT2D eigenvalue weighted by Crippen LogP contribution is -2.57. The van der Waals surface area contributed by atoms with Crippen LogP contribution < -0.4 is 0 Å². The first-order valence-electron chi connectivity index (χ1n) is 56.7. The second kappa shape index (κ2) is 55.2. The summed E-state index contributed by atoms with van der Waals surface area (Å²) in [5.74, 6) is 4.55. The molecule has 7 heterocycles. The molecule has 0 radical (unpaired) electrons. The molecule has 13 rings (SSSR count). The van der Waals surface area contributed by atoms with E-state index in [9.17, 15) is 0 Å². The minimum Gasteiger partial charge on any atom is -0.376 e. The Morgan fingerprint density at radius 3 is 0.657 bits per heavy atom. The summed E-state index contributed by atoms with van der Waals surface area (Å²) in [4.78, 5) is 20.8. The molecule has 0 aliphatic carbocycles. The van der Waals surface area contributed by atoms with Crippen LogP contribution in [-0.2, 0) is 96.9 Å². The van der Waals surface area contributed by atoms with Gasteiger partial charge in [-0.15, -0.1) is 0 Å². The lowest BCUT2D eigenvalue weighted by Gasteiger charge is -2.46. The topological polar surface area (TPSA) is 62.8 Å². The van der Waals surface area contributed by atoms with Gasteiger partial charge in [0.05, 0.1) is 52.9 Å². The van der Waals surface area contributed by atoms with Gasteiger partial charge >= 0.3 is 0 Å². The van der Waals surface area contributed by atoms with Crippen LogP contribution in [0.1, 0.15) is 335 Å². The third-order valence-electron chi connectivity index (χ3n) is 27.5. The third-order valence-corrected chi connectivity index (χ3v) is 27.5. The Bertz CT molecular complexity index is 4280. The van der Waals surface area contributed by atoms with Crippen molar-refractivity contribution in [2.45, 2.75) is 352 Å². The summed E-state index contributed by atoms with van der Waals surface area (Å²) in [6.45, 7) is 118. The molecule has 3 unspecified atom stereocenters. The van der Waals surface area contributed by atoms with E-state index < -0.39 is 0 Å². The molecule has 808 valence electrons. The molecule has 0 saturated carbocycles. The van der Waals surface area contributed by atoms with Gasteiger partial charge in [-0.2, -0.15) is 0 Å². The Kier molecular flexibility index (Phi) is 47.5. The molecule has 7 fully saturated rings. The molecule has 12 nitrogen and oxygen atoms in total. The Labute approximate surface area is 882 Å². The van der Waals surface area contributed by atoms with Crippen LogP contribution >= 0.6 is 0 Å². The molecule has 3 atom stereocenters. The third kappa shape index (κ3) is 54.9. The number of hydrogen-bond acceptors (Lipinski definition) is 12. The molecule has 6 aromatic carbocycles. The van der Waals surface area contributed by atoms with E-state index >= 15 is 0 Å². The Hall–Kier alpha value is -5.16. The lowest BCUT2D eigenvalue weighted by molar-refractivity contribution is -0.00524. The molecule has 0 aromatic heterocycles. The monoisotopic (exact) mass is 1970 g/mol. The zero-order valence-electron chi connectivity index (χ0n) is 99.5. The first-order chi connectivity index (χ1) is 66.1. The van der Waals surface area contributed by atoms with E-state index in [2.05, 4.69) is 434 Å². The molecule has 143 heavy (non-hydrogen) atoms. The molecule has 6 aromatic rings. The minimum absolute atomic E-state index is 0.321. The standard InChI is InChI=1S/C24H41N3.2C22H37NO.2C21H35NO.C21H35N/c1-23(2,3)15-20-7-9-21(10-8-20)16-26-18-22(19-26)17-25-11-13-27(14-12-25)24(4,5)6;2*1-21(2,3)13-18-7-9-19(10-8-18)15-24-16-20-11-12-23(14-20)17-22(4,5)6;2*1-20(2,3)11-17-7-9-18(10-8-17)14-23-15-19-12-22(13-19)16-21(4,5)6;1-20(2,3)14-18-9-7-17(8-10-18)13-19-11-12-22(15-19)16-21(4,5)6/h7-10,22H,11-19H2,1-6H3;2*7-10,20H,11-17H2,1-6H3;2*7-10,19H,11-16H2,1-6H3;7-10,19H,11-16H2,1-6H3. The average Bonchev–Trinajstić information content (AvgIpc) is 1.67. The van der Waals surface area contributed by atoms with Gasteiger partial charge in [0, 0.05) is 148 Å². The summed E-state index contributed by atoms with van der Waals surface area (Å²) in [6, 6.07) is 54.5. The molecule has 7 aliphatic heterocycles. The Morgan fingerprint density at radius 2 is 0.406 bits per heavy atom. The fraction of sp³-hybridized carbons (Fsp3) is 0.725. The van der Waals surface area contributed by atoms with Crippen molar-refractivity contribution in [3.05, 3.63) is 212 Å². The van der Waals surface area contributed by atoms with Gasteiger partial charge in [0.1, 0.15) is 0 Å². The number of rotatable bonds is 33. The lowest BCUT2D eigenvalue weighted by atomic mass is 9.87. The maximum Gasteiger partial charge on any atom is 0.0717 e. The average molecular weight is 1970 g/mol. The van der Waals surface area contributed by atoms with Crippen molar-refractivity contribution in [2.75, 3.05) is 170 Å². The van der Waals surface area contributed by atoms with Crippen molar-refractivity contribution < 1.29 is 18.9 Å². The van der Waals surface area contributed by atoms with E-state index in [1.807, 2.05) is 0 Å². The highest BCUT2D eigenvalue weighted by Crippen LogP contribution is 2.35. The summed E-state index contributed by atoms with van der Waals surface area (Å²) in [6.07, 6.45) is 12.0. The van der Waals surface area contributed by atoms with Gasteiger partial charge in [0.15, 0.2) is 0 Å². The maximum absolute atomic E-state index is 6.00. The summed E-state index contributed by atoms with van der Waals surface area (Å²) in [5.41, 5.74) is 21.2. The van der Waals surface area contributed by atoms with Crippen LogP contribution in [0.15, 0.2) is 146 Å². The zero-order chi connectivity index (χ0) is 106. The van der Waals surface area contributed by atoms with Crippen molar-refractivity contribution >= 4 is 0 Å². The molecule has 7 saturated heterocycles. The predicted molar refractivity (Wildman–Crippen MR) is 617 cm³/mol. The van der Waals surface area contributed by atoms with Gasteiger partial charge in [-0.1, -0.05) is 374 Å². The summed E-state index contributed by atoms with van der Waals surface area (Å²) in [7, 11) is 0. The van der Waals surface area contributed by atoms with Crippen LogP contribution in [0, 0.1) is 95.1 Å². The van der Waals surface area contributed by atoms with Crippen molar-refractivity contribution in [1.29, 1.82) is 0 Å². The Balaban J connectivity index is 0.000000210. The second-order valence-electron chi connectivity index (χ2n) is 60.2. The smallest absolute Gasteiger partial charge is 0.0717 e. The van der Waals surface area contributed by atoms with Crippen LogP contribution in [0.2, 0.25) is 0 Å². The Morgan fingerprint density at radius 1 is 0.196 bits per heavy atom. The first kappa shape index (κ1) is 123. The highest BCUT2D eigenvalue weighted by molar-refractivity contribution is 5.29. The molecular weight excluding hydrogens is 1750 g/mol. The van der Waals surface area contributed by atoms with Crippen LogP contribution in [0.25, 0.3) is 0 Å². The quantitative estimate of drug-likeness (QED) is 0.0394. The molecule has 0 N–H and O–H groups in total. The zero-order valence-corrected chi connectivity index (χ0v) is 99.5. The number of nitrogens with zero attached hydrogens (tertiary/aromatic N) is 8. The van der Waals surface area contributed by atoms with Crippen molar-refractivity contribution in [3.8, 4) is 0 Å². The van der Waals surface area contributed by atoms with Gasteiger partial charge in [-0.3, -0.25) is 9.80 Å². The number of piperazine rings is 1. The highest BCUT2D eigenvalue weighted by Gasteiger charge is 2.36. The number of hydrogen-bond donors (Lipinski definition) is 0. The number of likely N-dealkylation sites (tertiary alicyclic amines) is 6. The normalized spacial score (nSPS) is 19.4. The largest absolute Gasteiger partial charge is 0.376 e. The van der Waals surface area contributed by atoms with E-state index in [1.54, 1.807) is 0 Å². The fourth-order valence-electron chi connectivity index (χ4n) is 21.9. The van der Waals surface area contributed by atoms with Crippen molar-refractivity contribution in [3.63, 3.8) is 0 Å². The van der Waals surface area contributed by atoms with Crippen molar-refractivity contribution in [1.82, 2.24) is 39.2 Å². The van der Waals surface area contributed by atoms with Crippen LogP contribution in [0.3, 0.4) is 0 Å². The van der Waals surface area contributed by atoms with E-state index in [0.717, 1.165) is 122 Å². The number of benzene rings is 6. The molecule has 0 amide bonds. The van der Waals surface area contributed by atoms with Gasteiger partial charge in [0.2, 0.25) is 0 Å². The van der Waals surface area contributed by atoms with Crippen LogP contribution in [-0.4, -0.2) is 215 Å². The minimum atomic E-state index is 0.321. The molecular formula is C131H220N8O4. The van der Waals surface area contributed by atoms with Gasteiger partial charge in [-0.05, 0) is 255 Å². The first-order valence-corrected chi connectivity index (χ1v) is 56.7. The van der Waals surface area contributed by atoms with E-state index in [4.69, 9.17) is 18.9 Å². The fourth-order valence-corrected chi connectivity index (χ4v) is 21.9. The maximum atomic E-state index is 6.00. The predicted octanol–water partition coefficient (Wildman–Crippen LogP) is 29.2. The summed E-state index contributed by atoms with van der Waals surface area (Å²) in [5, 5.41) is 0. The van der Waals surface area contributed by atoms with Crippen LogP contribution in [0.5, 0.6) is 0 Å². The van der Waals surface area contributed by atoms with E-state index in [-0.39, 0.29) is 0 Å². The van der Waals surface area contributed by atoms with Crippen LogP contribution in [0.4, 0.5) is 0 Å². The summed E-state index contributed by atoms with van der Waals surface area (Å²) < 4.78 is 23.8. The summed E-state index contributed by atoms with van der Waals surface area (Å²) >= 11 is 0. The van der Waals surface area contributed by atoms with Gasteiger partial charge in [-0.25, -0.2) is 0 Å². The second-order valence-corrected chi connectivity index (χ2v) is 60.2. The SMILES string of the molecule is CC(C)(C)Cc1ccc(CC2CCN(CC(C)(C)C)C2)cc1.CC(C)(C)Cc1ccc(CN2CC(CN3CCN(C(C)(C)C)CC3)C2)cc1.CC(C)(C)Cc1ccc(COCC2CCN(CC(C)(C)C)C2)cc1.CC(C)(C)Cc1ccc(COCC2CCN(CC(C)(C)C)C2)cc1.CC(C)(C)Cc1ccc(COCC2CN(CC(C)(C)C)C2)cc1.CC(C)(C)Cc1ccc(COCC2CN(CC(C)(C)C)C2)cc1. The van der Waals surface area contributed by atoms with Gasteiger partial charge < -0.3 is 48.3 Å². The van der Waals surface area contributed by atoms with Crippen molar-refractivity contribution in [2.24, 2.45) is 95.1 Å². The van der Waals surface area contributed by atoms with E-state index in [0.29, 0.717) is 76.9 Å². The molecule has 0 spiro atoms. The molecule has 7 aliphatic rings. The number of ether oxygens (including phenoxy) is 4. The highest BCUT2D eigenvalue weighted by atomic mass is 16.5.